The third-order valence-corrected chi connectivity index (χ3v) is 5.79. The van der Waals surface area contributed by atoms with Crippen molar-refractivity contribution < 1.29 is 23.6 Å². The molecule has 0 spiro atoms. The van der Waals surface area contributed by atoms with E-state index in [9.17, 15) is 19.2 Å². The Morgan fingerprint density at radius 1 is 1.04 bits per heavy atom. The highest BCUT2D eigenvalue weighted by atomic mass is 19.1. The van der Waals surface area contributed by atoms with Crippen LogP contribution in [0.2, 0.25) is 0 Å². The van der Waals surface area contributed by atoms with Gasteiger partial charge in [-0.25, -0.2) is 4.39 Å². The van der Waals surface area contributed by atoms with Gasteiger partial charge in [0.15, 0.2) is 5.82 Å². The molecule has 5 aliphatic heterocycles. The zero-order valence-electron chi connectivity index (χ0n) is 14.3. The van der Waals surface area contributed by atoms with Gasteiger partial charge in [-0.1, -0.05) is 0 Å². The van der Waals surface area contributed by atoms with Gasteiger partial charge in [-0.2, -0.15) is 0 Å². The van der Waals surface area contributed by atoms with Gasteiger partial charge < -0.3 is 10.2 Å². The zero-order valence-corrected chi connectivity index (χ0v) is 14.3. The second kappa shape index (κ2) is 5.59. The molecule has 5 heterocycles. The fourth-order valence-electron chi connectivity index (χ4n) is 4.46. The van der Waals surface area contributed by atoms with Crippen molar-refractivity contribution in [2.45, 2.75) is 37.4 Å². The molecule has 2 N–H and O–H groups in total. The van der Waals surface area contributed by atoms with E-state index in [2.05, 4.69) is 10.6 Å². The number of carbonyl (C=O) groups is 4. The van der Waals surface area contributed by atoms with Crippen LogP contribution >= 0.6 is 0 Å². The van der Waals surface area contributed by atoms with E-state index in [-0.39, 0.29) is 24.0 Å². The summed E-state index contributed by atoms with van der Waals surface area (Å²) in [6, 6.07) is 2.51. The highest BCUT2D eigenvalue weighted by Gasteiger charge is 2.47. The number of benzene rings is 1. The molecule has 140 valence electrons. The summed E-state index contributed by atoms with van der Waals surface area (Å²) in [6.45, 7) is 1.29. The van der Waals surface area contributed by atoms with Crippen LogP contribution in [0.1, 0.15) is 40.0 Å². The molecule has 2 bridgehead atoms. The molecule has 0 radical (unpaired) electrons. The monoisotopic (exact) mass is 372 g/mol. The average molecular weight is 372 g/mol. The Labute approximate surface area is 153 Å². The molecule has 5 aliphatic rings. The van der Waals surface area contributed by atoms with Crippen LogP contribution in [0.3, 0.4) is 0 Å². The molecule has 0 aliphatic carbocycles. The number of nitrogens with one attached hydrogen (secondary N) is 2. The number of piperidine rings is 2. The number of hydrogen-bond donors (Lipinski definition) is 2. The zero-order chi connectivity index (χ0) is 18.9. The number of fused-ring (bicyclic) bond motifs is 3. The lowest BCUT2D eigenvalue weighted by Crippen LogP contribution is -2.67. The molecular weight excluding hydrogens is 355 g/mol. The Morgan fingerprint density at radius 3 is 2.41 bits per heavy atom. The first-order valence-electron chi connectivity index (χ1n) is 8.99. The van der Waals surface area contributed by atoms with E-state index in [1.807, 2.05) is 4.90 Å². The van der Waals surface area contributed by atoms with E-state index >= 15 is 4.39 Å². The number of imide groups is 2. The lowest BCUT2D eigenvalue weighted by Gasteiger charge is -2.49. The van der Waals surface area contributed by atoms with E-state index < -0.39 is 35.5 Å². The van der Waals surface area contributed by atoms with Gasteiger partial charge in [0.05, 0.1) is 16.8 Å². The van der Waals surface area contributed by atoms with Crippen LogP contribution < -0.4 is 15.5 Å². The maximum Gasteiger partial charge on any atom is 0.265 e. The molecule has 4 amide bonds. The minimum atomic E-state index is -1.09. The summed E-state index contributed by atoms with van der Waals surface area (Å²) < 4.78 is 15.2. The van der Waals surface area contributed by atoms with Crippen molar-refractivity contribution in [2.24, 2.45) is 0 Å². The van der Waals surface area contributed by atoms with Crippen molar-refractivity contribution in [3.05, 3.63) is 29.1 Å². The minimum absolute atomic E-state index is 0.0289. The number of hydrogen-bond acceptors (Lipinski definition) is 6. The summed E-state index contributed by atoms with van der Waals surface area (Å²) in [4.78, 5) is 51.6. The van der Waals surface area contributed by atoms with E-state index in [1.165, 1.54) is 12.1 Å². The molecule has 0 saturated carbocycles. The first kappa shape index (κ1) is 16.4. The van der Waals surface area contributed by atoms with Crippen molar-refractivity contribution >= 4 is 29.3 Å². The summed E-state index contributed by atoms with van der Waals surface area (Å²) in [6.07, 6.45) is 1.14. The Hall–Kier alpha value is -2.81. The van der Waals surface area contributed by atoms with Crippen molar-refractivity contribution in [3.63, 3.8) is 0 Å². The predicted octanol–water partition coefficient (Wildman–Crippen LogP) is -0.223. The topological polar surface area (TPSA) is 98.8 Å². The largest absolute Gasteiger partial charge is 0.366 e. The molecular formula is C18H17FN4O4. The standard InChI is InChI=1S/C18H17FN4O4/c19-15-11(22-6-8-5-9(7-22)20-8)2-1-10-14(15)18(27)23(17(10)26)12-3-4-13(24)21-16(12)25/h1-2,8-9,12,20H,3-7H2,(H,21,24,25). The van der Waals surface area contributed by atoms with Gasteiger partial charge in [0.25, 0.3) is 11.8 Å². The Bertz CT molecular complexity index is 901. The van der Waals surface area contributed by atoms with Crippen LogP contribution in [0.25, 0.3) is 0 Å². The van der Waals surface area contributed by atoms with E-state index in [1.54, 1.807) is 0 Å². The fourth-order valence-corrected chi connectivity index (χ4v) is 4.46. The van der Waals surface area contributed by atoms with Crippen molar-refractivity contribution in [2.75, 3.05) is 18.0 Å². The van der Waals surface area contributed by atoms with Gasteiger partial charge in [0, 0.05) is 31.6 Å². The molecule has 8 nitrogen and oxygen atoms in total. The highest BCUT2D eigenvalue weighted by molar-refractivity contribution is 6.24. The molecule has 27 heavy (non-hydrogen) atoms. The lowest BCUT2D eigenvalue weighted by molar-refractivity contribution is -0.136. The molecule has 3 unspecified atom stereocenters. The van der Waals surface area contributed by atoms with Crippen LogP contribution in [-0.4, -0.2) is 59.7 Å². The molecule has 1 aromatic rings. The summed E-state index contributed by atoms with van der Waals surface area (Å²) in [5.41, 5.74) is -0.0168. The normalized spacial score (nSPS) is 29.6. The summed E-state index contributed by atoms with van der Waals surface area (Å²) >= 11 is 0. The Morgan fingerprint density at radius 2 is 1.74 bits per heavy atom. The molecule has 6 rings (SSSR count). The maximum absolute atomic E-state index is 15.2. The molecule has 0 aromatic heterocycles. The van der Waals surface area contributed by atoms with E-state index in [4.69, 9.17) is 0 Å². The SMILES string of the molecule is O=C1CCC(N2C(=O)c3ccc(N4CC5CC(C4)N5)c(F)c3C2=O)C(=O)N1. The number of piperazine rings is 1. The van der Waals surface area contributed by atoms with Crippen LogP contribution in [0, 0.1) is 5.82 Å². The van der Waals surface area contributed by atoms with Crippen LogP contribution in [0.15, 0.2) is 12.1 Å². The van der Waals surface area contributed by atoms with Crippen LogP contribution in [-0.2, 0) is 9.59 Å². The number of carbonyl (C=O) groups excluding carboxylic acids is 4. The smallest absolute Gasteiger partial charge is 0.265 e. The maximum atomic E-state index is 15.2. The highest BCUT2D eigenvalue weighted by Crippen LogP contribution is 2.35. The number of halogens is 1. The number of nitrogens with zero attached hydrogens (tertiary/aromatic N) is 2. The van der Waals surface area contributed by atoms with Crippen molar-refractivity contribution in [1.82, 2.24) is 15.5 Å². The van der Waals surface area contributed by atoms with Crippen molar-refractivity contribution in [1.29, 1.82) is 0 Å². The minimum Gasteiger partial charge on any atom is -0.366 e. The average Bonchev–Trinajstić information content (AvgIpc) is 2.87. The Balaban J connectivity index is 1.48. The first-order valence-corrected chi connectivity index (χ1v) is 8.99. The fraction of sp³-hybridized carbons (Fsp3) is 0.444. The van der Waals surface area contributed by atoms with Crippen LogP contribution in [0.5, 0.6) is 0 Å². The van der Waals surface area contributed by atoms with E-state index in [0.717, 1.165) is 11.3 Å². The van der Waals surface area contributed by atoms with Gasteiger partial charge in [-0.15, -0.1) is 0 Å². The van der Waals surface area contributed by atoms with Gasteiger partial charge >= 0.3 is 0 Å². The van der Waals surface area contributed by atoms with Crippen molar-refractivity contribution in [3.8, 4) is 0 Å². The number of rotatable bonds is 2. The third kappa shape index (κ3) is 2.31. The first-order chi connectivity index (χ1) is 12.9. The number of amides is 4. The molecule has 3 atom stereocenters. The van der Waals surface area contributed by atoms with E-state index in [0.29, 0.717) is 30.9 Å². The molecule has 9 heteroatoms. The van der Waals surface area contributed by atoms with Gasteiger partial charge in [0.1, 0.15) is 6.04 Å². The molecule has 4 saturated heterocycles. The van der Waals surface area contributed by atoms with Gasteiger partial charge in [-0.3, -0.25) is 29.4 Å². The molecule has 1 aromatic carbocycles. The van der Waals surface area contributed by atoms with Gasteiger partial charge in [0.2, 0.25) is 11.8 Å². The summed E-state index contributed by atoms with van der Waals surface area (Å²) in [7, 11) is 0. The van der Waals surface area contributed by atoms with Gasteiger partial charge in [-0.05, 0) is 25.0 Å². The lowest BCUT2D eigenvalue weighted by atomic mass is 9.90. The second-order valence-electron chi connectivity index (χ2n) is 7.47. The van der Waals surface area contributed by atoms with Crippen LogP contribution in [0.4, 0.5) is 10.1 Å². The number of anilines is 1. The third-order valence-electron chi connectivity index (χ3n) is 5.79. The predicted molar refractivity (Wildman–Crippen MR) is 90.6 cm³/mol. The quantitative estimate of drug-likeness (QED) is 0.697. The molecule has 4 fully saturated rings. The summed E-state index contributed by atoms with van der Waals surface area (Å²) in [5.74, 6) is -3.38. The second-order valence-corrected chi connectivity index (χ2v) is 7.47. The summed E-state index contributed by atoms with van der Waals surface area (Å²) in [5, 5.41) is 5.49. The Kier molecular flexibility index (Phi) is 3.39.